The van der Waals surface area contributed by atoms with E-state index in [0.29, 0.717) is 11.1 Å². The number of rotatable bonds is 2. The molecule has 1 aliphatic rings. The highest BCUT2D eigenvalue weighted by atomic mass is 32.2. The molecule has 0 aliphatic carbocycles. The summed E-state index contributed by atoms with van der Waals surface area (Å²) in [7, 11) is -3.79. The minimum Gasteiger partial charge on any atom is -0.336 e. The van der Waals surface area contributed by atoms with E-state index in [1.807, 2.05) is 6.92 Å². The number of carbonyl (C=O) groups excluding carboxylic acids is 1. The first-order valence-electron chi connectivity index (χ1n) is 6.24. The number of hydrogen-bond acceptors (Lipinski definition) is 3. The Balaban J connectivity index is 2.40. The molecule has 1 amide bonds. The summed E-state index contributed by atoms with van der Waals surface area (Å²) in [6.07, 6.45) is 1.97. The first-order chi connectivity index (χ1) is 8.79. The van der Waals surface area contributed by atoms with E-state index in [0.717, 1.165) is 19.4 Å². The standard InChI is InChI=1S/C13H18N2O3S/c1-9-6-11(8-12(7-9)19(14,17)18)13(16)15-5-3-4-10(15)2/h6-8,10H,3-5H2,1-2H3,(H2,14,17,18). The Morgan fingerprint density at radius 2 is 2.05 bits per heavy atom. The Kier molecular flexibility index (Phi) is 3.64. The van der Waals surface area contributed by atoms with Crippen LogP contribution in [0.15, 0.2) is 23.1 Å². The molecule has 1 atom stereocenters. The highest BCUT2D eigenvalue weighted by Crippen LogP contribution is 2.21. The second kappa shape index (κ2) is 4.94. The van der Waals surface area contributed by atoms with E-state index in [1.54, 1.807) is 17.9 Å². The number of hydrogen-bond donors (Lipinski definition) is 1. The van der Waals surface area contributed by atoms with Crippen molar-refractivity contribution in [3.8, 4) is 0 Å². The zero-order valence-corrected chi connectivity index (χ0v) is 11.9. The van der Waals surface area contributed by atoms with Gasteiger partial charge in [0.15, 0.2) is 0 Å². The van der Waals surface area contributed by atoms with Crippen molar-refractivity contribution < 1.29 is 13.2 Å². The van der Waals surface area contributed by atoms with Gasteiger partial charge in [0.1, 0.15) is 0 Å². The molecule has 19 heavy (non-hydrogen) atoms. The van der Waals surface area contributed by atoms with Crippen molar-refractivity contribution in [1.29, 1.82) is 0 Å². The Hall–Kier alpha value is -1.40. The molecule has 104 valence electrons. The van der Waals surface area contributed by atoms with Crippen LogP contribution in [-0.4, -0.2) is 31.8 Å². The van der Waals surface area contributed by atoms with Crippen LogP contribution in [0.5, 0.6) is 0 Å². The molecule has 5 nitrogen and oxygen atoms in total. The van der Waals surface area contributed by atoms with Crippen molar-refractivity contribution in [2.45, 2.75) is 37.6 Å². The van der Waals surface area contributed by atoms with E-state index in [1.165, 1.54) is 12.1 Å². The maximum Gasteiger partial charge on any atom is 0.254 e. The summed E-state index contributed by atoms with van der Waals surface area (Å²) >= 11 is 0. The van der Waals surface area contributed by atoms with Crippen molar-refractivity contribution in [2.75, 3.05) is 6.54 Å². The smallest absolute Gasteiger partial charge is 0.254 e. The third-order valence-corrected chi connectivity index (χ3v) is 4.33. The molecule has 0 spiro atoms. The minimum absolute atomic E-state index is 0.0114. The highest BCUT2D eigenvalue weighted by molar-refractivity contribution is 7.89. The van der Waals surface area contributed by atoms with Crippen LogP contribution in [0.1, 0.15) is 35.7 Å². The third kappa shape index (κ3) is 2.96. The molecule has 1 saturated heterocycles. The van der Waals surface area contributed by atoms with Gasteiger partial charge in [-0.1, -0.05) is 0 Å². The van der Waals surface area contributed by atoms with E-state index < -0.39 is 10.0 Å². The fourth-order valence-corrected chi connectivity index (χ4v) is 3.08. The number of nitrogens with zero attached hydrogens (tertiary/aromatic N) is 1. The highest BCUT2D eigenvalue weighted by Gasteiger charge is 2.26. The number of primary sulfonamides is 1. The summed E-state index contributed by atoms with van der Waals surface area (Å²) in [5, 5.41) is 5.12. The fraction of sp³-hybridized carbons (Fsp3) is 0.462. The summed E-state index contributed by atoms with van der Waals surface area (Å²) in [4.78, 5) is 14.1. The average molecular weight is 282 g/mol. The Labute approximate surface area is 113 Å². The van der Waals surface area contributed by atoms with Crippen LogP contribution in [-0.2, 0) is 10.0 Å². The van der Waals surface area contributed by atoms with E-state index in [4.69, 9.17) is 5.14 Å². The van der Waals surface area contributed by atoms with Gasteiger partial charge >= 0.3 is 0 Å². The fourth-order valence-electron chi connectivity index (χ4n) is 2.44. The van der Waals surface area contributed by atoms with Crippen molar-refractivity contribution in [2.24, 2.45) is 5.14 Å². The lowest BCUT2D eigenvalue weighted by Crippen LogP contribution is -2.33. The van der Waals surface area contributed by atoms with Crippen molar-refractivity contribution >= 4 is 15.9 Å². The van der Waals surface area contributed by atoms with Gasteiger partial charge < -0.3 is 4.90 Å². The topological polar surface area (TPSA) is 80.5 Å². The summed E-state index contributed by atoms with van der Waals surface area (Å²) in [5.74, 6) is -0.126. The predicted octanol–water partition coefficient (Wildman–Crippen LogP) is 1.27. The van der Waals surface area contributed by atoms with Crippen LogP contribution in [0.25, 0.3) is 0 Å². The minimum atomic E-state index is -3.79. The zero-order chi connectivity index (χ0) is 14.2. The molecule has 2 N–H and O–H groups in total. The maximum atomic E-state index is 12.4. The molecule has 1 heterocycles. The summed E-state index contributed by atoms with van der Waals surface area (Å²) < 4.78 is 22.8. The van der Waals surface area contributed by atoms with Gasteiger partial charge in [-0.15, -0.1) is 0 Å². The molecule has 1 aromatic rings. The predicted molar refractivity (Wildman–Crippen MR) is 72.3 cm³/mol. The van der Waals surface area contributed by atoms with Gasteiger partial charge in [0, 0.05) is 18.2 Å². The van der Waals surface area contributed by atoms with E-state index >= 15 is 0 Å². The molecule has 1 aromatic carbocycles. The molecule has 2 rings (SSSR count). The zero-order valence-electron chi connectivity index (χ0n) is 11.1. The summed E-state index contributed by atoms with van der Waals surface area (Å²) in [6.45, 7) is 4.47. The monoisotopic (exact) mass is 282 g/mol. The molecular formula is C13H18N2O3S. The second-order valence-electron chi connectivity index (χ2n) is 5.07. The largest absolute Gasteiger partial charge is 0.336 e. The van der Waals surface area contributed by atoms with E-state index in [2.05, 4.69) is 0 Å². The third-order valence-electron chi connectivity index (χ3n) is 3.44. The molecule has 1 fully saturated rings. The molecule has 6 heteroatoms. The normalized spacial score (nSPS) is 19.7. The summed E-state index contributed by atoms with van der Waals surface area (Å²) in [5.41, 5.74) is 1.10. The van der Waals surface area contributed by atoms with Crippen molar-refractivity contribution in [3.05, 3.63) is 29.3 Å². The Morgan fingerprint density at radius 1 is 1.37 bits per heavy atom. The van der Waals surface area contributed by atoms with Crippen molar-refractivity contribution in [3.63, 3.8) is 0 Å². The Bertz CT molecular complexity index is 610. The van der Waals surface area contributed by atoms with Gasteiger partial charge in [-0.3, -0.25) is 4.79 Å². The van der Waals surface area contributed by atoms with Gasteiger partial charge in [0.2, 0.25) is 10.0 Å². The number of nitrogens with two attached hydrogens (primary N) is 1. The van der Waals surface area contributed by atoms with Crippen LogP contribution in [0.2, 0.25) is 0 Å². The molecule has 1 unspecified atom stereocenters. The number of likely N-dealkylation sites (tertiary alicyclic amines) is 1. The number of sulfonamides is 1. The van der Waals surface area contributed by atoms with Crippen LogP contribution in [0.4, 0.5) is 0 Å². The van der Waals surface area contributed by atoms with Crippen LogP contribution >= 0.6 is 0 Å². The van der Waals surface area contributed by atoms with Crippen LogP contribution in [0, 0.1) is 6.92 Å². The molecule has 0 saturated carbocycles. The number of amides is 1. The molecule has 1 aliphatic heterocycles. The van der Waals surface area contributed by atoms with Gasteiger partial charge in [-0.25, -0.2) is 13.6 Å². The molecule has 0 bridgehead atoms. The molecule has 0 radical (unpaired) electrons. The number of benzene rings is 1. The number of carbonyl (C=O) groups is 1. The lowest BCUT2D eigenvalue weighted by Gasteiger charge is -2.21. The SMILES string of the molecule is Cc1cc(C(=O)N2CCCC2C)cc(S(N)(=O)=O)c1. The van der Waals surface area contributed by atoms with Gasteiger partial charge in [0.25, 0.3) is 5.91 Å². The quantitative estimate of drug-likeness (QED) is 0.887. The lowest BCUT2D eigenvalue weighted by molar-refractivity contribution is 0.0747. The van der Waals surface area contributed by atoms with Crippen LogP contribution in [0.3, 0.4) is 0 Å². The van der Waals surface area contributed by atoms with E-state index in [-0.39, 0.29) is 16.8 Å². The summed E-state index contributed by atoms with van der Waals surface area (Å²) in [6, 6.07) is 4.73. The van der Waals surface area contributed by atoms with Gasteiger partial charge in [-0.2, -0.15) is 0 Å². The first kappa shape index (κ1) is 14.0. The molecule has 0 aromatic heterocycles. The maximum absolute atomic E-state index is 12.4. The van der Waals surface area contributed by atoms with Gasteiger partial charge in [0.05, 0.1) is 4.90 Å². The Morgan fingerprint density at radius 3 is 2.58 bits per heavy atom. The van der Waals surface area contributed by atoms with Gasteiger partial charge in [-0.05, 0) is 50.5 Å². The second-order valence-corrected chi connectivity index (χ2v) is 6.63. The number of aryl methyl sites for hydroxylation is 1. The van der Waals surface area contributed by atoms with Crippen molar-refractivity contribution in [1.82, 2.24) is 4.90 Å². The lowest BCUT2D eigenvalue weighted by atomic mass is 10.1. The van der Waals surface area contributed by atoms with Crippen LogP contribution < -0.4 is 5.14 Å². The average Bonchev–Trinajstić information content (AvgIpc) is 2.72. The molecular weight excluding hydrogens is 264 g/mol. The first-order valence-corrected chi connectivity index (χ1v) is 7.79. The van der Waals surface area contributed by atoms with E-state index in [9.17, 15) is 13.2 Å².